The molecule has 5 nitrogen and oxygen atoms in total. The van der Waals surface area contributed by atoms with Crippen LogP contribution in [0.15, 0.2) is 42.5 Å². The molecule has 1 amide bonds. The van der Waals surface area contributed by atoms with Gasteiger partial charge in [-0.25, -0.2) is 0 Å². The molecular formula is C18H20ClNO4. The van der Waals surface area contributed by atoms with Crippen LogP contribution in [0.25, 0.3) is 11.1 Å². The first-order valence-corrected chi connectivity index (χ1v) is 8.06. The number of halogens is 1. The molecule has 0 fully saturated rings. The molecule has 24 heavy (non-hydrogen) atoms. The van der Waals surface area contributed by atoms with E-state index in [1.165, 1.54) is 0 Å². The summed E-state index contributed by atoms with van der Waals surface area (Å²) in [5.74, 6) is -0.659. The number of hydrogen-bond donors (Lipinski definition) is 3. The Bertz CT molecular complexity index is 676. The van der Waals surface area contributed by atoms with E-state index in [1.807, 2.05) is 30.3 Å². The first kappa shape index (κ1) is 18.3. The van der Waals surface area contributed by atoms with Gasteiger partial charge in [0.25, 0.3) is 5.91 Å². The molecular weight excluding hydrogens is 330 g/mol. The number of benzene rings is 2. The summed E-state index contributed by atoms with van der Waals surface area (Å²) in [6.07, 6.45) is 0.559. The molecule has 2 rings (SSSR count). The molecule has 0 saturated heterocycles. The van der Waals surface area contributed by atoms with Crippen molar-refractivity contribution in [1.82, 2.24) is 5.32 Å². The molecule has 3 N–H and O–H groups in total. The third kappa shape index (κ3) is 4.96. The second-order valence-corrected chi connectivity index (χ2v) is 5.57. The summed E-state index contributed by atoms with van der Waals surface area (Å²) in [6.45, 7) is 1.15. The average molecular weight is 350 g/mol. The highest BCUT2D eigenvalue weighted by Crippen LogP contribution is 2.33. The molecule has 6 heteroatoms. The molecule has 0 bridgehead atoms. The average Bonchev–Trinajstić information content (AvgIpc) is 2.60. The van der Waals surface area contributed by atoms with Crippen LogP contribution in [0.3, 0.4) is 0 Å². The Morgan fingerprint density at radius 1 is 1.12 bits per heavy atom. The lowest BCUT2D eigenvalue weighted by molar-refractivity contribution is 0.0896. The molecule has 0 saturated carbocycles. The van der Waals surface area contributed by atoms with E-state index < -0.39 is 5.91 Å². The monoisotopic (exact) mass is 349 g/mol. The van der Waals surface area contributed by atoms with Gasteiger partial charge in [-0.3, -0.25) is 4.79 Å². The lowest BCUT2D eigenvalue weighted by atomic mass is 10.0. The molecule has 0 atom stereocenters. The van der Waals surface area contributed by atoms with Gasteiger partial charge in [0.2, 0.25) is 0 Å². The fourth-order valence-electron chi connectivity index (χ4n) is 2.17. The smallest absolute Gasteiger partial charge is 0.255 e. The van der Waals surface area contributed by atoms with Gasteiger partial charge in [-0.2, -0.15) is 0 Å². The number of aromatic hydroxyl groups is 1. The van der Waals surface area contributed by atoms with Gasteiger partial charge in [-0.05, 0) is 29.7 Å². The Balaban J connectivity index is 2.06. The fraction of sp³-hybridized carbons (Fsp3) is 0.278. The van der Waals surface area contributed by atoms with Crippen molar-refractivity contribution in [2.24, 2.45) is 0 Å². The summed E-state index contributed by atoms with van der Waals surface area (Å²) in [7, 11) is 0. The third-order valence-corrected chi connectivity index (χ3v) is 3.68. The van der Waals surface area contributed by atoms with E-state index in [1.54, 1.807) is 12.1 Å². The van der Waals surface area contributed by atoms with Crippen molar-refractivity contribution >= 4 is 17.5 Å². The van der Waals surface area contributed by atoms with E-state index >= 15 is 0 Å². The first-order chi connectivity index (χ1) is 11.6. The highest BCUT2D eigenvalue weighted by atomic mass is 35.5. The molecule has 0 unspecified atom stereocenters. The number of aliphatic hydroxyl groups is 1. The molecule has 0 heterocycles. The van der Waals surface area contributed by atoms with Crippen molar-refractivity contribution in [3.63, 3.8) is 0 Å². The predicted octanol–water partition coefficient (Wildman–Crippen LogP) is 2.84. The highest BCUT2D eigenvalue weighted by molar-refractivity contribution is 6.33. The minimum absolute atomic E-state index is 0.0744. The molecule has 2 aromatic carbocycles. The van der Waals surface area contributed by atoms with Gasteiger partial charge in [-0.1, -0.05) is 41.9 Å². The summed E-state index contributed by atoms with van der Waals surface area (Å²) in [5.41, 5.74) is 1.78. The van der Waals surface area contributed by atoms with Crippen LogP contribution in [0.2, 0.25) is 5.02 Å². The molecule has 2 aromatic rings. The standard InChI is InChI=1S/C18H20ClNO4/c19-16-12-14(13-5-2-1-3-6-13)11-15(17(16)22)18(23)20-7-10-24-9-4-8-21/h1-3,5-6,11-12,21-22H,4,7-10H2,(H,20,23). The fourth-order valence-corrected chi connectivity index (χ4v) is 2.39. The van der Waals surface area contributed by atoms with E-state index in [0.717, 1.165) is 11.1 Å². The number of carbonyl (C=O) groups excluding carboxylic acids is 1. The number of carbonyl (C=O) groups is 1. The van der Waals surface area contributed by atoms with Crippen molar-refractivity contribution in [3.05, 3.63) is 53.1 Å². The van der Waals surface area contributed by atoms with E-state index in [0.29, 0.717) is 26.2 Å². The quantitative estimate of drug-likeness (QED) is 0.640. The molecule has 0 spiro atoms. The van der Waals surface area contributed by atoms with E-state index in [9.17, 15) is 9.90 Å². The Hall–Kier alpha value is -2.08. The number of aliphatic hydroxyl groups excluding tert-OH is 1. The predicted molar refractivity (Wildman–Crippen MR) is 93.4 cm³/mol. The minimum Gasteiger partial charge on any atom is -0.506 e. The summed E-state index contributed by atoms with van der Waals surface area (Å²) in [5, 5.41) is 21.5. The van der Waals surface area contributed by atoms with Crippen LogP contribution in [-0.4, -0.2) is 42.5 Å². The lowest BCUT2D eigenvalue weighted by Crippen LogP contribution is -2.27. The highest BCUT2D eigenvalue weighted by Gasteiger charge is 2.16. The maximum atomic E-state index is 12.3. The zero-order valence-corrected chi connectivity index (χ0v) is 13.9. The summed E-state index contributed by atoms with van der Waals surface area (Å²) >= 11 is 6.05. The van der Waals surface area contributed by atoms with Gasteiger partial charge in [0, 0.05) is 19.8 Å². The largest absolute Gasteiger partial charge is 0.506 e. The van der Waals surface area contributed by atoms with Gasteiger partial charge < -0.3 is 20.3 Å². The number of ether oxygens (including phenoxy) is 1. The van der Waals surface area contributed by atoms with Crippen molar-refractivity contribution in [2.75, 3.05) is 26.4 Å². The molecule has 0 radical (unpaired) electrons. The number of rotatable bonds is 8. The second-order valence-electron chi connectivity index (χ2n) is 5.17. The van der Waals surface area contributed by atoms with Crippen molar-refractivity contribution < 1.29 is 19.7 Å². The van der Waals surface area contributed by atoms with Crippen LogP contribution >= 0.6 is 11.6 Å². The van der Waals surface area contributed by atoms with Gasteiger partial charge in [0.05, 0.1) is 17.2 Å². The molecule has 0 aromatic heterocycles. The van der Waals surface area contributed by atoms with Crippen LogP contribution in [-0.2, 0) is 4.74 Å². The minimum atomic E-state index is -0.419. The summed E-state index contributed by atoms with van der Waals surface area (Å²) in [6, 6.07) is 12.7. The SMILES string of the molecule is O=C(NCCOCCCO)c1cc(-c2ccccc2)cc(Cl)c1O. The van der Waals surface area contributed by atoms with Crippen molar-refractivity contribution in [3.8, 4) is 16.9 Å². The normalized spacial score (nSPS) is 10.6. The van der Waals surface area contributed by atoms with Crippen molar-refractivity contribution in [1.29, 1.82) is 0 Å². The maximum absolute atomic E-state index is 12.3. The zero-order valence-electron chi connectivity index (χ0n) is 13.2. The van der Waals surface area contributed by atoms with E-state index in [-0.39, 0.29) is 22.9 Å². The maximum Gasteiger partial charge on any atom is 0.255 e. The van der Waals surface area contributed by atoms with E-state index in [2.05, 4.69) is 5.32 Å². The number of hydrogen-bond acceptors (Lipinski definition) is 4. The van der Waals surface area contributed by atoms with Gasteiger partial charge in [0.1, 0.15) is 5.75 Å². The van der Waals surface area contributed by atoms with Crippen LogP contribution in [0.5, 0.6) is 5.75 Å². The lowest BCUT2D eigenvalue weighted by Gasteiger charge is -2.11. The zero-order chi connectivity index (χ0) is 17.4. The van der Waals surface area contributed by atoms with E-state index in [4.69, 9.17) is 21.4 Å². The second kappa shape index (κ2) is 9.27. The summed E-state index contributed by atoms with van der Waals surface area (Å²) in [4.78, 5) is 12.3. The number of phenolic OH excluding ortho intramolecular Hbond substituents is 1. The third-order valence-electron chi connectivity index (χ3n) is 3.39. The van der Waals surface area contributed by atoms with Crippen molar-refractivity contribution in [2.45, 2.75) is 6.42 Å². The van der Waals surface area contributed by atoms with Crippen LogP contribution in [0.1, 0.15) is 16.8 Å². The Morgan fingerprint density at radius 2 is 1.88 bits per heavy atom. The Morgan fingerprint density at radius 3 is 2.58 bits per heavy atom. The number of phenols is 1. The molecule has 0 aliphatic carbocycles. The first-order valence-electron chi connectivity index (χ1n) is 7.68. The van der Waals surface area contributed by atoms with Crippen LogP contribution in [0, 0.1) is 0 Å². The van der Waals surface area contributed by atoms with Gasteiger partial charge in [-0.15, -0.1) is 0 Å². The molecule has 128 valence electrons. The topological polar surface area (TPSA) is 78.8 Å². The number of amides is 1. The van der Waals surface area contributed by atoms with Crippen LogP contribution in [0.4, 0.5) is 0 Å². The molecule has 0 aliphatic rings. The van der Waals surface area contributed by atoms with Gasteiger partial charge in [0.15, 0.2) is 0 Å². The van der Waals surface area contributed by atoms with Crippen LogP contribution < -0.4 is 5.32 Å². The Labute approximate surface area is 145 Å². The van der Waals surface area contributed by atoms with Gasteiger partial charge >= 0.3 is 0 Å². The Kier molecular flexibility index (Phi) is 7.06. The summed E-state index contributed by atoms with van der Waals surface area (Å²) < 4.78 is 5.24. The molecule has 0 aliphatic heterocycles. The number of nitrogens with one attached hydrogen (secondary N) is 1.